The number of nitrogens with one attached hydrogen (secondary N) is 1. The van der Waals surface area contributed by atoms with Gasteiger partial charge in [-0.15, -0.1) is 0 Å². The lowest BCUT2D eigenvalue weighted by Crippen LogP contribution is -2.31. The van der Waals surface area contributed by atoms with Crippen molar-refractivity contribution in [2.45, 2.75) is 32.9 Å². The molecule has 0 bridgehead atoms. The van der Waals surface area contributed by atoms with Gasteiger partial charge in [-0.3, -0.25) is 4.79 Å². The SMILES string of the molecule is CC(C)(C)OC(=O)CNCc1ccccc1N. The van der Waals surface area contributed by atoms with Crippen LogP contribution in [0.5, 0.6) is 0 Å². The van der Waals surface area contributed by atoms with E-state index in [0.717, 1.165) is 11.3 Å². The summed E-state index contributed by atoms with van der Waals surface area (Å²) in [6.07, 6.45) is 0. The van der Waals surface area contributed by atoms with Crippen molar-refractivity contribution in [3.63, 3.8) is 0 Å². The minimum absolute atomic E-state index is 0.186. The molecule has 94 valence electrons. The molecule has 4 nitrogen and oxygen atoms in total. The number of ether oxygens (including phenoxy) is 1. The molecule has 0 aliphatic rings. The molecular weight excluding hydrogens is 216 g/mol. The van der Waals surface area contributed by atoms with Crippen LogP contribution in [0.2, 0.25) is 0 Å². The van der Waals surface area contributed by atoms with E-state index in [0.29, 0.717) is 6.54 Å². The van der Waals surface area contributed by atoms with Crippen LogP contribution in [0.4, 0.5) is 5.69 Å². The molecule has 0 saturated heterocycles. The molecule has 1 aromatic carbocycles. The van der Waals surface area contributed by atoms with Crippen LogP contribution in [-0.4, -0.2) is 18.1 Å². The van der Waals surface area contributed by atoms with Gasteiger partial charge in [0.05, 0.1) is 6.54 Å². The van der Waals surface area contributed by atoms with Gasteiger partial charge in [0.2, 0.25) is 0 Å². The Kier molecular flexibility index (Phi) is 4.52. The molecule has 0 fully saturated rings. The van der Waals surface area contributed by atoms with E-state index in [-0.39, 0.29) is 12.5 Å². The second-order valence-corrected chi connectivity index (χ2v) is 4.89. The van der Waals surface area contributed by atoms with Crippen LogP contribution in [-0.2, 0) is 16.1 Å². The number of carbonyl (C=O) groups excluding carboxylic acids is 1. The summed E-state index contributed by atoms with van der Waals surface area (Å²) >= 11 is 0. The van der Waals surface area contributed by atoms with E-state index in [1.54, 1.807) is 0 Å². The number of rotatable bonds is 4. The number of carbonyl (C=O) groups is 1. The molecule has 0 radical (unpaired) electrons. The topological polar surface area (TPSA) is 64.3 Å². The molecule has 4 heteroatoms. The Morgan fingerprint density at radius 2 is 2.00 bits per heavy atom. The van der Waals surface area contributed by atoms with Crippen LogP contribution in [0.15, 0.2) is 24.3 Å². The maximum absolute atomic E-state index is 11.4. The highest BCUT2D eigenvalue weighted by atomic mass is 16.6. The number of esters is 1. The summed E-state index contributed by atoms with van der Waals surface area (Å²) in [7, 11) is 0. The molecule has 0 spiro atoms. The van der Waals surface area contributed by atoms with Crippen molar-refractivity contribution in [3.8, 4) is 0 Å². The normalized spacial score (nSPS) is 11.2. The molecular formula is C13H20N2O2. The smallest absolute Gasteiger partial charge is 0.320 e. The fraction of sp³-hybridized carbons (Fsp3) is 0.462. The van der Waals surface area contributed by atoms with E-state index < -0.39 is 5.60 Å². The Balaban J connectivity index is 2.34. The van der Waals surface area contributed by atoms with Gasteiger partial charge < -0.3 is 15.8 Å². The molecule has 0 aliphatic heterocycles. The monoisotopic (exact) mass is 236 g/mol. The summed E-state index contributed by atoms with van der Waals surface area (Å²) in [5.41, 5.74) is 7.05. The average Bonchev–Trinajstić information content (AvgIpc) is 2.18. The first-order chi connectivity index (χ1) is 7.88. The first-order valence-corrected chi connectivity index (χ1v) is 5.64. The van der Waals surface area contributed by atoms with Crippen molar-refractivity contribution in [2.24, 2.45) is 0 Å². The molecule has 1 rings (SSSR count). The number of hydrogen-bond donors (Lipinski definition) is 2. The molecule has 1 aromatic rings. The zero-order valence-electron chi connectivity index (χ0n) is 10.6. The average molecular weight is 236 g/mol. The van der Waals surface area contributed by atoms with Gasteiger partial charge in [0.1, 0.15) is 5.60 Å². The van der Waals surface area contributed by atoms with Gasteiger partial charge in [0.15, 0.2) is 0 Å². The molecule has 0 unspecified atom stereocenters. The number of hydrogen-bond acceptors (Lipinski definition) is 4. The minimum Gasteiger partial charge on any atom is -0.459 e. The van der Waals surface area contributed by atoms with Crippen molar-refractivity contribution in [1.29, 1.82) is 0 Å². The van der Waals surface area contributed by atoms with Gasteiger partial charge >= 0.3 is 5.97 Å². The molecule has 0 saturated carbocycles. The summed E-state index contributed by atoms with van der Waals surface area (Å²) in [5.74, 6) is -0.257. The second-order valence-electron chi connectivity index (χ2n) is 4.89. The van der Waals surface area contributed by atoms with Crippen molar-refractivity contribution >= 4 is 11.7 Å². The highest BCUT2D eigenvalue weighted by molar-refractivity contribution is 5.72. The predicted octanol–water partition coefficient (Wildman–Crippen LogP) is 1.70. The largest absolute Gasteiger partial charge is 0.459 e. The molecule has 0 heterocycles. The second kappa shape index (κ2) is 5.68. The fourth-order valence-corrected chi connectivity index (χ4v) is 1.37. The van der Waals surface area contributed by atoms with Crippen LogP contribution in [0, 0.1) is 0 Å². The number of para-hydroxylation sites is 1. The summed E-state index contributed by atoms with van der Waals surface area (Å²) in [5, 5.41) is 3.01. The number of nitrogens with two attached hydrogens (primary N) is 1. The lowest BCUT2D eigenvalue weighted by atomic mass is 10.2. The van der Waals surface area contributed by atoms with Gasteiger partial charge in [-0.25, -0.2) is 0 Å². The summed E-state index contributed by atoms with van der Waals surface area (Å²) in [6.45, 7) is 6.29. The zero-order chi connectivity index (χ0) is 12.9. The molecule has 0 aliphatic carbocycles. The predicted molar refractivity (Wildman–Crippen MR) is 68.4 cm³/mol. The van der Waals surface area contributed by atoms with Crippen LogP contribution in [0.25, 0.3) is 0 Å². The minimum atomic E-state index is -0.440. The van der Waals surface area contributed by atoms with E-state index in [2.05, 4.69) is 5.32 Å². The highest BCUT2D eigenvalue weighted by Crippen LogP contribution is 2.10. The number of anilines is 1. The lowest BCUT2D eigenvalue weighted by molar-refractivity contribution is -0.153. The van der Waals surface area contributed by atoms with Crippen LogP contribution in [0.1, 0.15) is 26.3 Å². The van der Waals surface area contributed by atoms with Gasteiger partial charge in [0, 0.05) is 12.2 Å². The van der Waals surface area contributed by atoms with Gasteiger partial charge in [-0.1, -0.05) is 18.2 Å². The molecule has 0 amide bonds. The highest BCUT2D eigenvalue weighted by Gasteiger charge is 2.15. The van der Waals surface area contributed by atoms with Crippen molar-refractivity contribution < 1.29 is 9.53 Å². The Labute approximate surface area is 102 Å². The third-order valence-corrected chi connectivity index (χ3v) is 2.06. The van der Waals surface area contributed by atoms with Crippen LogP contribution >= 0.6 is 0 Å². The van der Waals surface area contributed by atoms with E-state index in [1.807, 2.05) is 45.0 Å². The standard InChI is InChI=1S/C13H20N2O2/c1-13(2,3)17-12(16)9-15-8-10-6-4-5-7-11(10)14/h4-7,15H,8-9,14H2,1-3H3. The van der Waals surface area contributed by atoms with Crippen LogP contribution < -0.4 is 11.1 Å². The maximum atomic E-state index is 11.4. The van der Waals surface area contributed by atoms with Gasteiger partial charge in [-0.05, 0) is 32.4 Å². The fourth-order valence-electron chi connectivity index (χ4n) is 1.37. The quantitative estimate of drug-likeness (QED) is 0.617. The van der Waals surface area contributed by atoms with Crippen molar-refractivity contribution in [3.05, 3.63) is 29.8 Å². The molecule has 0 atom stereocenters. The van der Waals surface area contributed by atoms with Crippen molar-refractivity contribution in [1.82, 2.24) is 5.32 Å². The Bertz CT molecular complexity index is 383. The van der Waals surface area contributed by atoms with E-state index in [4.69, 9.17) is 10.5 Å². The van der Waals surface area contributed by atoms with Gasteiger partial charge in [-0.2, -0.15) is 0 Å². The molecule has 0 aromatic heterocycles. The zero-order valence-corrected chi connectivity index (χ0v) is 10.6. The lowest BCUT2D eigenvalue weighted by Gasteiger charge is -2.19. The summed E-state index contributed by atoms with van der Waals surface area (Å²) < 4.78 is 5.17. The summed E-state index contributed by atoms with van der Waals surface area (Å²) in [6, 6.07) is 7.56. The summed E-state index contributed by atoms with van der Waals surface area (Å²) in [4.78, 5) is 11.4. The van der Waals surface area contributed by atoms with Crippen molar-refractivity contribution in [2.75, 3.05) is 12.3 Å². The third-order valence-electron chi connectivity index (χ3n) is 2.06. The first-order valence-electron chi connectivity index (χ1n) is 5.64. The first kappa shape index (κ1) is 13.5. The third kappa shape index (κ3) is 5.36. The molecule has 17 heavy (non-hydrogen) atoms. The Morgan fingerprint density at radius 3 is 2.59 bits per heavy atom. The maximum Gasteiger partial charge on any atom is 0.320 e. The van der Waals surface area contributed by atoms with E-state index >= 15 is 0 Å². The Morgan fingerprint density at radius 1 is 1.35 bits per heavy atom. The van der Waals surface area contributed by atoms with E-state index in [9.17, 15) is 4.79 Å². The number of nitrogen functional groups attached to an aromatic ring is 1. The number of benzene rings is 1. The van der Waals surface area contributed by atoms with Crippen LogP contribution in [0.3, 0.4) is 0 Å². The van der Waals surface area contributed by atoms with E-state index in [1.165, 1.54) is 0 Å². The molecule has 3 N–H and O–H groups in total. The Hall–Kier alpha value is -1.55. The van der Waals surface area contributed by atoms with Gasteiger partial charge in [0.25, 0.3) is 0 Å².